The molecule has 0 aromatic rings. The molecule has 148 valence electrons. The number of methoxy groups -OCH3 is 2. The Labute approximate surface area is 153 Å². The highest BCUT2D eigenvalue weighted by Gasteiger charge is 2.12. The van der Waals surface area contributed by atoms with E-state index in [4.69, 9.17) is 9.47 Å². The van der Waals surface area contributed by atoms with Gasteiger partial charge in [0.2, 0.25) is 0 Å². The van der Waals surface area contributed by atoms with Crippen LogP contribution in [-0.4, -0.2) is 101 Å². The molecule has 25 heavy (non-hydrogen) atoms. The van der Waals surface area contributed by atoms with Gasteiger partial charge in [-0.25, -0.2) is 0 Å². The normalized spacial score (nSPS) is 11.4. The lowest BCUT2D eigenvalue weighted by Gasteiger charge is -2.25. The monoisotopic (exact) mass is 359 g/mol. The van der Waals surface area contributed by atoms with E-state index in [0.29, 0.717) is 25.9 Å². The van der Waals surface area contributed by atoms with Crippen LogP contribution in [0.4, 0.5) is 0 Å². The number of carbonyl (C=O) groups excluding carboxylic acids is 2. The summed E-state index contributed by atoms with van der Waals surface area (Å²) in [5, 5.41) is 0. The van der Waals surface area contributed by atoms with Crippen molar-refractivity contribution < 1.29 is 19.1 Å². The maximum absolute atomic E-state index is 11.4. The van der Waals surface area contributed by atoms with Crippen molar-refractivity contribution >= 4 is 11.9 Å². The number of ether oxygens (including phenoxy) is 2. The Balaban J connectivity index is 4.15. The molecular formula is C18H37N3O4. The molecule has 0 radical (unpaired) electrons. The molecule has 0 bridgehead atoms. The van der Waals surface area contributed by atoms with Crippen molar-refractivity contribution in [3.05, 3.63) is 0 Å². The molecule has 0 fully saturated rings. The first kappa shape index (κ1) is 23.8. The summed E-state index contributed by atoms with van der Waals surface area (Å²) < 4.78 is 9.39. The quantitative estimate of drug-likeness (QED) is 0.405. The van der Waals surface area contributed by atoms with Crippen molar-refractivity contribution in [1.29, 1.82) is 0 Å². The summed E-state index contributed by atoms with van der Waals surface area (Å²) in [4.78, 5) is 29.5. The lowest BCUT2D eigenvalue weighted by Crippen LogP contribution is -2.37. The van der Waals surface area contributed by atoms with E-state index >= 15 is 0 Å². The Bertz CT molecular complexity index is 346. The van der Waals surface area contributed by atoms with Crippen LogP contribution in [0.25, 0.3) is 0 Å². The maximum Gasteiger partial charge on any atom is 0.306 e. The standard InChI is InChI=1S/C18H37N3O4/c1-6-10-19(2)11-7-12-20(3)15-16-21(13-8-17(22)24-4)14-9-18(23)25-5/h6-16H2,1-5H3. The molecule has 0 N–H and O–H groups in total. The SMILES string of the molecule is CCCN(C)CCCN(C)CCN(CCC(=O)OC)CCC(=O)OC. The van der Waals surface area contributed by atoms with Gasteiger partial charge in [-0.1, -0.05) is 6.92 Å². The molecule has 0 spiro atoms. The number of carbonyl (C=O) groups is 2. The molecule has 0 rings (SSSR count). The van der Waals surface area contributed by atoms with Gasteiger partial charge in [-0.05, 0) is 46.6 Å². The van der Waals surface area contributed by atoms with E-state index in [-0.39, 0.29) is 11.9 Å². The molecule has 0 aliphatic heterocycles. The topological polar surface area (TPSA) is 62.3 Å². The summed E-state index contributed by atoms with van der Waals surface area (Å²) in [6.07, 6.45) is 2.99. The second kappa shape index (κ2) is 15.1. The summed E-state index contributed by atoms with van der Waals surface area (Å²) in [5.74, 6) is -0.453. The predicted molar refractivity (Wildman–Crippen MR) is 99.6 cm³/mol. The summed E-state index contributed by atoms with van der Waals surface area (Å²) in [5.41, 5.74) is 0. The van der Waals surface area contributed by atoms with Crippen LogP contribution in [0.2, 0.25) is 0 Å². The van der Waals surface area contributed by atoms with E-state index in [1.54, 1.807) is 0 Å². The van der Waals surface area contributed by atoms with Gasteiger partial charge in [-0.3, -0.25) is 9.59 Å². The molecule has 7 nitrogen and oxygen atoms in total. The van der Waals surface area contributed by atoms with Crippen molar-refractivity contribution in [2.24, 2.45) is 0 Å². The van der Waals surface area contributed by atoms with E-state index in [1.807, 2.05) is 0 Å². The highest BCUT2D eigenvalue weighted by molar-refractivity contribution is 5.70. The van der Waals surface area contributed by atoms with Crippen LogP contribution < -0.4 is 0 Å². The van der Waals surface area contributed by atoms with Crippen LogP contribution in [0.1, 0.15) is 32.6 Å². The summed E-state index contributed by atoms with van der Waals surface area (Å²) in [6.45, 7) is 8.38. The highest BCUT2D eigenvalue weighted by atomic mass is 16.5. The predicted octanol–water partition coefficient (Wildman–Crippen LogP) is 1.08. The van der Waals surface area contributed by atoms with Crippen molar-refractivity contribution in [2.45, 2.75) is 32.6 Å². The van der Waals surface area contributed by atoms with Gasteiger partial charge in [0.1, 0.15) is 0 Å². The van der Waals surface area contributed by atoms with Gasteiger partial charge in [0.25, 0.3) is 0 Å². The minimum atomic E-state index is -0.226. The van der Waals surface area contributed by atoms with E-state index in [9.17, 15) is 9.59 Å². The molecule has 0 aromatic carbocycles. The molecule has 0 aliphatic rings. The Morgan fingerprint density at radius 1 is 0.720 bits per heavy atom. The number of hydrogen-bond acceptors (Lipinski definition) is 7. The van der Waals surface area contributed by atoms with Gasteiger partial charge in [0.15, 0.2) is 0 Å². The average Bonchev–Trinajstić information content (AvgIpc) is 2.60. The first-order valence-electron chi connectivity index (χ1n) is 9.16. The van der Waals surface area contributed by atoms with Gasteiger partial charge in [-0.2, -0.15) is 0 Å². The third-order valence-electron chi connectivity index (χ3n) is 4.20. The average molecular weight is 360 g/mol. The molecule has 0 unspecified atom stereocenters. The fourth-order valence-electron chi connectivity index (χ4n) is 2.57. The van der Waals surface area contributed by atoms with E-state index in [0.717, 1.165) is 39.1 Å². The van der Waals surface area contributed by atoms with Crippen molar-refractivity contribution in [1.82, 2.24) is 14.7 Å². The second-order valence-corrected chi connectivity index (χ2v) is 6.45. The number of likely N-dealkylation sites (N-methyl/N-ethyl adjacent to an activating group) is 1. The Kier molecular flexibility index (Phi) is 14.4. The number of hydrogen-bond donors (Lipinski definition) is 0. The molecule has 0 aromatic heterocycles. The lowest BCUT2D eigenvalue weighted by atomic mass is 10.3. The Morgan fingerprint density at radius 2 is 1.20 bits per heavy atom. The van der Waals surface area contributed by atoms with Crippen LogP contribution in [-0.2, 0) is 19.1 Å². The molecule has 7 heteroatoms. The van der Waals surface area contributed by atoms with E-state index in [1.165, 1.54) is 20.6 Å². The zero-order valence-electron chi connectivity index (χ0n) is 16.8. The summed E-state index contributed by atoms with van der Waals surface area (Å²) in [7, 11) is 7.05. The van der Waals surface area contributed by atoms with Crippen LogP contribution in [0, 0.1) is 0 Å². The summed E-state index contributed by atoms with van der Waals surface area (Å²) in [6, 6.07) is 0. The molecule has 0 heterocycles. The lowest BCUT2D eigenvalue weighted by molar-refractivity contribution is -0.141. The Morgan fingerprint density at radius 3 is 1.64 bits per heavy atom. The number of rotatable bonds is 15. The van der Waals surface area contributed by atoms with Crippen LogP contribution in [0.3, 0.4) is 0 Å². The number of nitrogens with zero attached hydrogens (tertiary/aromatic N) is 3. The van der Waals surface area contributed by atoms with Gasteiger partial charge < -0.3 is 24.2 Å². The fourth-order valence-corrected chi connectivity index (χ4v) is 2.57. The summed E-state index contributed by atoms with van der Waals surface area (Å²) >= 11 is 0. The molecule has 0 atom stereocenters. The largest absolute Gasteiger partial charge is 0.469 e. The molecule has 0 saturated heterocycles. The van der Waals surface area contributed by atoms with Crippen LogP contribution in [0.5, 0.6) is 0 Å². The van der Waals surface area contributed by atoms with Crippen molar-refractivity contribution in [3.63, 3.8) is 0 Å². The molecule has 0 aliphatic carbocycles. The minimum absolute atomic E-state index is 0.226. The molecular weight excluding hydrogens is 322 g/mol. The highest BCUT2D eigenvalue weighted by Crippen LogP contribution is 1.99. The Hall–Kier alpha value is -1.18. The van der Waals surface area contributed by atoms with Crippen molar-refractivity contribution in [2.75, 3.05) is 74.1 Å². The maximum atomic E-state index is 11.4. The van der Waals surface area contributed by atoms with E-state index in [2.05, 4.69) is 35.7 Å². The zero-order chi connectivity index (χ0) is 19.1. The van der Waals surface area contributed by atoms with Gasteiger partial charge >= 0.3 is 11.9 Å². The fraction of sp³-hybridized carbons (Fsp3) is 0.889. The van der Waals surface area contributed by atoms with Crippen LogP contribution in [0.15, 0.2) is 0 Å². The smallest absolute Gasteiger partial charge is 0.306 e. The van der Waals surface area contributed by atoms with Gasteiger partial charge in [-0.15, -0.1) is 0 Å². The molecule has 0 saturated carbocycles. The molecule has 0 amide bonds. The number of esters is 2. The minimum Gasteiger partial charge on any atom is -0.469 e. The third-order valence-corrected chi connectivity index (χ3v) is 4.20. The van der Waals surface area contributed by atoms with Gasteiger partial charge in [0, 0.05) is 26.2 Å². The van der Waals surface area contributed by atoms with Crippen molar-refractivity contribution in [3.8, 4) is 0 Å². The third kappa shape index (κ3) is 13.8. The second-order valence-electron chi connectivity index (χ2n) is 6.45. The van der Waals surface area contributed by atoms with Gasteiger partial charge in [0.05, 0.1) is 27.1 Å². The zero-order valence-corrected chi connectivity index (χ0v) is 16.8. The first-order valence-corrected chi connectivity index (χ1v) is 9.16. The van der Waals surface area contributed by atoms with E-state index < -0.39 is 0 Å². The van der Waals surface area contributed by atoms with Crippen LogP contribution >= 0.6 is 0 Å². The first-order chi connectivity index (χ1) is 11.9.